The topological polar surface area (TPSA) is 68.5 Å². The lowest BCUT2D eigenvalue weighted by Gasteiger charge is -2.31. The lowest BCUT2D eigenvalue weighted by atomic mass is 9.72. The Kier molecular flexibility index (Phi) is 6.48. The van der Waals surface area contributed by atoms with Crippen molar-refractivity contribution >= 4 is 45.0 Å². The molecule has 42 heavy (non-hydrogen) atoms. The summed E-state index contributed by atoms with van der Waals surface area (Å²) in [5.74, 6) is 2.54. The van der Waals surface area contributed by atoms with Gasteiger partial charge in [-0.3, -0.25) is 0 Å². The Balaban J connectivity index is 1.66. The summed E-state index contributed by atoms with van der Waals surface area (Å²) in [7, 11) is 6.70. The zero-order valence-corrected chi connectivity index (χ0v) is 25.0. The second kappa shape index (κ2) is 10.2. The zero-order valence-electron chi connectivity index (χ0n) is 23.5. The Labute approximate surface area is 253 Å². The second-order valence-electron chi connectivity index (χ2n) is 10.4. The van der Waals surface area contributed by atoms with Crippen molar-refractivity contribution in [3.8, 4) is 23.0 Å². The first kappa shape index (κ1) is 26.6. The lowest BCUT2D eigenvalue weighted by molar-refractivity contribution is 0.397. The largest absolute Gasteiger partial charge is 0.497 e. The monoisotopic (exact) mass is 598 g/mol. The van der Waals surface area contributed by atoms with Gasteiger partial charge in [-0.15, -0.1) is 0 Å². The van der Waals surface area contributed by atoms with Crippen molar-refractivity contribution in [1.82, 2.24) is 9.97 Å². The van der Waals surface area contributed by atoms with Gasteiger partial charge in [0.15, 0.2) is 0 Å². The van der Waals surface area contributed by atoms with Crippen LogP contribution in [0.1, 0.15) is 45.5 Å². The number of H-pyrrole nitrogens is 2. The number of hydrogen-bond donors (Lipinski definition) is 2. The summed E-state index contributed by atoms with van der Waals surface area (Å²) in [5.41, 5.74) is 8.40. The third-order valence-corrected chi connectivity index (χ3v) is 8.79. The maximum Gasteiger partial charge on any atom is 0.132 e. The van der Waals surface area contributed by atoms with Crippen molar-refractivity contribution in [3.05, 3.63) is 116 Å². The summed E-state index contributed by atoms with van der Waals surface area (Å²) in [4.78, 5) is 7.59. The Morgan fingerprint density at radius 2 is 0.905 bits per heavy atom. The van der Waals surface area contributed by atoms with Crippen LogP contribution in [-0.2, 0) is 0 Å². The van der Waals surface area contributed by atoms with Gasteiger partial charge in [0, 0.05) is 56.5 Å². The van der Waals surface area contributed by atoms with E-state index in [0.29, 0.717) is 21.5 Å². The van der Waals surface area contributed by atoms with Crippen LogP contribution < -0.4 is 18.9 Å². The first-order chi connectivity index (χ1) is 20.4. The number of ether oxygens (including phenoxy) is 4. The maximum absolute atomic E-state index is 6.37. The summed E-state index contributed by atoms with van der Waals surface area (Å²) in [5, 5.41) is 3.36. The molecule has 2 atom stereocenters. The first-order valence-electron chi connectivity index (χ1n) is 13.5. The number of halogens is 2. The fourth-order valence-electron chi connectivity index (χ4n) is 6.51. The molecule has 0 bridgehead atoms. The van der Waals surface area contributed by atoms with Crippen LogP contribution in [0.3, 0.4) is 0 Å². The molecular formula is C34H28Cl2N2O4. The number of rotatable bonds is 6. The number of nitrogens with one attached hydrogen (secondary N) is 2. The minimum absolute atomic E-state index is 0.171. The van der Waals surface area contributed by atoms with Crippen molar-refractivity contribution in [3.63, 3.8) is 0 Å². The third-order valence-electron chi connectivity index (χ3n) is 8.28. The number of aromatic nitrogens is 2. The summed E-state index contributed by atoms with van der Waals surface area (Å²) in [6, 6.07) is 24.0. The molecule has 0 saturated carbocycles. The van der Waals surface area contributed by atoms with E-state index in [1.54, 1.807) is 28.4 Å². The minimum atomic E-state index is -0.171. The van der Waals surface area contributed by atoms with Gasteiger partial charge in [-0.25, -0.2) is 0 Å². The fraction of sp³-hybridized carbons (Fsp3) is 0.176. The Morgan fingerprint density at radius 3 is 1.24 bits per heavy atom. The van der Waals surface area contributed by atoms with Crippen molar-refractivity contribution in [1.29, 1.82) is 0 Å². The predicted octanol–water partition coefficient (Wildman–Crippen LogP) is 8.66. The van der Waals surface area contributed by atoms with Gasteiger partial charge in [-0.2, -0.15) is 0 Å². The molecule has 6 nitrogen and oxygen atoms in total. The van der Waals surface area contributed by atoms with E-state index >= 15 is 0 Å². The Hall–Kier alpha value is -4.26. The number of methoxy groups -OCH3 is 4. The average molecular weight is 600 g/mol. The molecule has 8 heteroatoms. The van der Waals surface area contributed by atoms with Gasteiger partial charge in [0.2, 0.25) is 0 Å². The summed E-state index contributed by atoms with van der Waals surface area (Å²) >= 11 is 12.7. The molecule has 0 spiro atoms. The molecule has 2 unspecified atom stereocenters. The SMILES string of the molecule is COc1cc(OC)c2c3c([nH]c2c1)C(c1ccc(Cl)cc1)c1c([nH]c2cc(OC)cc(OC)c12)C3c1ccc(Cl)cc1. The van der Waals surface area contributed by atoms with Gasteiger partial charge in [0.1, 0.15) is 23.0 Å². The number of benzene rings is 4. The molecule has 0 fully saturated rings. The molecule has 212 valence electrons. The highest BCUT2D eigenvalue weighted by Crippen LogP contribution is 2.56. The zero-order chi connectivity index (χ0) is 29.1. The standard InChI is InChI=1S/C34H28Cl2N2O4/c1-39-21-13-23-29(25(15-21)41-3)31-27(17-5-9-19(35)10-6-17)34-32(28(33(31)37-23)18-7-11-20(36)12-8-18)30-24(38-34)14-22(40-2)16-26(30)42-4/h5-16,27-28,37-38H,1-4H3. The summed E-state index contributed by atoms with van der Waals surface area (Å²) in [6.45, 7) is 0. The van der Waals surface area contributed by atoms with Crippen LogP contribution >= 0.6 is 23.2 Å². The van der Waals surface area contributed by atoms with E-state index in [1.807, 2.05) is 48.5 Å². The summed E-state index contributed by atoms with van der Waals surface area (Å²) < 4.78 is 23.2. The highest BCUT2D eigenvalue weighted by atomic mass is 35.5. The molecule has 2 N–H and O–H groups in total. The lowest BCUT2D eigenvalue weighted by Crippen LogP contribution is -2.19. The van der Waals surface area contributed by atoms with Crippen molar-refractivity contribution in [2.24, 2.45) is 0 Å². The quantitative estimate of drug-likeness (QED) is 0.201. The Bertz CT molecular complexity index is 1820. The second-order valence-corrected chi connectivity index (χ2v) is 11.3. The number of hydrogen-bond acceptors (Lipinski definition) is 4. The Morgan fingerprint density at radius 1 is 0.524 bits per heavy atom. The number of aromatic amines is 2. The molecule has 0 amide bonds. The highest BCUT2D eigenvalue weighted by Gasteiger charge is 2.41. The van der Waals surface area contributed by atoms with Gasteiger partial charge in [0.25, 0.3) is 0 Å². The molecule has 2 heterocycles. The molecule has 4 aromatic carbocycles. The van der Waals surface area contributed by atoms with Crippen LogP contribution in [0.2, 0.25) is 10.0 Å². The van der Waals surface area contributed by atoms with E-state index in [2.05, 4.69) is 34.2 Å². The van der Waals surface area contributed by atoms with E-state index in [1.165, 1.54) is 0 Å². The molecule has 1 aliphatic carbocycles. The van der Waals surface area contributed by atoms with Crippen LogP contribution in [0.15, 0.2) is 72.8 Å². The molecule has 7 rings (SSSR count). The van der Waals surface area contributed by atoms with Gasteiger partial charge in [-0.1, -0.05) is 47.5 Å². The predicted molar refractivity (Wildman–Crippen MR) is 168 cm³/mol. The van der Waals surface area contributed by atoms with Gasteiger partial charge in [-0.05, 0) is 46.5 Å². The van der Waals surface area contributed by atoms with E-state index in [-0.39, 0.29) is 11.8 Å². The molecule has 6 aromatic rings. The smallest absolute Gasteiger partial charge is 0.132 e. The molecule has 0 aliphatic heterocycles. The fourth-order valence-corrected chi connectivity index (χ4v) is 6.76. The van der Waals surface area contributed by atoms with Crippen molar-refractivity contribution in [2.75, 3.05) is 28.4 Å². The van der Waals surface area contributed by atoms with Crippen LogP contribution in [0.25, 0.3) is 21.8 Å². The molecule has 0 radical (unpaired) electrons. The average Bonchev–Trinajstić information content (AvgIpc) is 3.58. The van der Waals surface area contributed by atoms with Crippen LogP contribution in [0.5, 0.6) is 23.0 Å². The molecular weight excluding hydrogens is 571 g/mol. The highest BCUT2D eigenvalue weighted by molar-refractivity contribution is 6.30. The third kappa shape index (κ3) is 4.01. The van der Waals surface area contributed by atoms with E-state index < -0.39 is 0 Å². The minimum Gasteiger partial charge on any atom is -0.497 e. The van der Waals surface area contributed by atoms with Gasteiger partial charge >= 0.3 is 0 Å². The van der Waals surface area contributed by atoms with E-state index in [0.717, 1.165) is 66.9 Å². The van der Waals surface area contributed by atoms with Crippen molar-refractivity contribution in [2.45, 2.75) is 11.8 Å². The maximum atomic E-state index is 6.37. The van der Waals surface area contributed by atoms with Gasteiger partial charge < -0.3 is 28.9 Å². The van der Waals surface area contributed by atoms with Crippen LogP contribution in [-0.4, -0.2) is 38.4 Å². The van der Waals surface area contributed by atoms with Crippen LogP contribution in [0, 0.1) is 0 Å². The normalized spacial score (nSPS) is 15.9. The van der Waals surface area contributed by atoms with E-state index in [4.69, 9.17) is 42.1 Å². The first-order valence-corrected chi connectivity index (χ1v) is 14.3. The molecule has 0 saturated heterocycles. The number of fused-ring (bicyclic) bond motifs is 6. The molecule has 2 aromatic heterocycles. The molecule has 1 aliphatic rings. The summed E-state index contributed by atoms with van der Waals surface area (Å²) in [6.07, 6.45) is 0. The van der Waals surface area contributed by atoms with Crippen LogP contribution in [0.4, 0.5) is 0 Å². The van der Waals surface area contributed by atoms with Crippen molar-refractivity contribution < 1.29 is 18.9 Å². The van der Waals surface area contributed by atoms with Gasteiger partial charge in [0.05, 0.1) is 51.3 Å². The van der Waals surface area contributed by atoms with E-state index in [9.17, 15) is 0 Å².